The number of ketones is 1. The number of nitrogens with two attached hydrogens (primary N) is 1. The third kappa shape index (κ3) is 3.64. The average Bonchev–Trinajstić information content (AvgIpc) is 2.18. The largest absolute Gasteiger partial charge is 0.385 e. The highest BCUT2D eigenvalue weighted by Crippen LogP contribution is 2.02. The van der Waals surface area contributed by atoms with Crippen molar-refractivity contribution in [3.8, 4) is 0 Å². The molecule has 0 heterocycles. The molecule has 0 aliphatic carbocycles. The zero-order chi connectivity index (χ0) is 11.3. The first-order chi connectivity index (χ1) is 7.09. The Balaban J connectivity index is 2.65. The predicted molar refractivity (Wildman–Crippen MR) is 60.5 cm³/mol. The van der Waals surface area contributed by atoms with E-state index in [0.717, 1.165) is 5.56 Å². The van der Waals surface area contributed by atoms with Gasteiger partial charge in [0, 0.05) is 5.56 Å². The van der Waals surface area contributed by atoms with Crippen molar-refractivity contribution in [1.29, 1.82) is 0 Å². The molecular formula is C11H13N3O. The summed E-state index contributed by atoms with van der Waals surface area (Å²) in [4.78, 5) is 11.5. The van der Waals surface area contributed by atoms with Gasteiger partial charge in [-0.1, -0.05) is 36.4 Å². The normalized spacial score (nSPS) is 10.2. The molecule has 0 aliphatic rings. The summed E-state index contributed by atoms with van der Waals surface area (Å²) in [6.07, 6.45) is 1.17. The van der Waals surface area contributed by atoms with Crippen molar-refractivity contribution in [2.24, 2.45) is 10.8 Å². The summed E-state index contributed by atoms with van der Waals surface area (Å²) in [5, 5.41) is 3.62. The van der Waals surface area contributed by atoms with Crippen molar-refractivity contribution in [2.75, 3.05) is 0 Å². The van der Waals surface area contributed by atoms with E-state index in [1.807, 2.05) is 19.1 Å². The summed E-state index contributed by atoms with van der Waals surface area (Å²) in [5.74, 6) is 0.0201. The Morgan fingerprint density at radius 2 is 2.07 bits per heavy atom. The zero-order valence-corrected chi connectivity index (χ0v) is 8.53. The highest BCUT2D eigenvalue weighted by Gasteiger charge is 2.00. The minimum atomic E-state index is -0.177. The molecule has 4 heteroatoms. The van der Waals surface area contributed by atoms with Crippen molar-refractivity contribution < 1.29 is 4.79 Å². The molecular weight excluding hydrogens is 190 g/mol. The van der Waals surface area contributed by atoms with E-state index in [9.17, 15) is 4.79 Å². The van der Waals surface area contributed by atoms with E-state index in [1.165, 1.54) is 6.21 Å². The molecule has 0 aliphatic heterocycles. The molecule has 1 aromatic carbocycles. The number of nitrogens with one attached hydrogen (secondary N) is 1. The van der Waals surface area contributed by atoms with Crippen LogP contribution in [0, 0.1) is 6.92 Å². The minimum absolute atomic E-state index is 0.177. The molecule has 1 aromatic rings. The Hall–Kier alpha value is -2.10. The highest BCUT2D eigenvalue weighted by molar-refractivity contribution is 6.35. The van der Waals surface area contributed by atoms with Gasteiger partial charge in [0.15, 0.2) is 0 Å². The second kappa shape index (κ2) is 4.95. The molecule has 0 fully saturated rings. The monoisotopic (exact) mass is 203 g/mol. The minimum Gasteiger partial charge on any atom is -0.385 e. The van der Waals surface area contributed by atoms with Gasteiger partial charge in [0.2, 0.25) is 5.78 Å². The number of Topliss-reactive ketones (excluding diaryl/α,β-unsaturated/α-hetero) is 1. The van der Waals surface area contributed by atoms with E-state index in [0.29, 0.717) is 5.56 Å². The molecule has 1 rings (SSSR count). The third-order valence-corrected chi connectivity index (χ3v) is 1.73. The summed E-state index contributed by atoms with van der Waals surface area (Å²) in [6.45, 7) is 5.34. The van der Waals surface area contributed by atoms with Crippen LogP contribution in [0.5, 0.6) is 0 Å². The van der Waals surface area contributed by atoms with Crippen molar-refractivity contribution in [3.05, 3.63) is 47.8 Å². The fourth-order valence-corrected chi connectivity index (χ4v) is 0.966. The van der Waals surface area contributed by atoms with Crippen LogP contribution in [0.15, 0.2) is 41.8 Å². The number of carbonyl (C=O) groups is 1. The summed E-state index contributed by atoms with van der Waals surface area (Å²) in [5.41, 5.74) is 9.30. The van der Waals surface area contributed by atoms with E-state index in [2.05, 4.69) is 17.1 Å². The lowest BCUT2D eigenvalue weighted by molar-refractivity contribution is 0.107. The lowest BCUT2D eigenvalue weighted by atomic mass is 10.1. The molecule has 0 spiro atoms. The van der Waals surface area contributed by atoms with Crippen molar-refractivity contribution in [3.63, 3.8) is 0 Å². The Bertz CT molecular complexity index is 393. The van der Waals surface area contributed by atoms with Crippen molar-refractivity contribution in [2.45, 2.75) is 6.92 Å². The third-order valence-electron chi connectivity index (χ3n) is 1.73. The first kappa shape index (κ1) is 11.0. The molecule has 0 amide bonds. The molecule has 0 aromatic heterocycles. The van der Waals surface area contributed by atoms with Crippen molar-refractivity contribution >= 4 is 12.0 Å². The van der Waals surface area contributed by atoms with Crippen LogP contribution in [0.4, 0.5) is 0 Å². The maximum Gasteiger partial charge on any atom is 0.205 e. The molecule has 15 heavy (non-hydrogen) atoms. The molecule has 78 valence electrons. The van der Waals surface area contributed by atoms with Crippen LogP contribution in [0.2, 0.25) is 0 Å². The maximum atomic E-state index is 11.5. The number of carbonyl (C=O) groups excluding carboxylic acids is 1. The van der Waals surface area contributed by atoms with E-state index < -0.39 is 0 Å². The average molecular weight is 203 g/mol. The van der Waals surface area contributed by atoms with Gasteiger partial charge in [0.25, 0.3) is 0 Å². The van der Waals surface area contributed by atoms with E-state index in [1.54, 1.807) is 12.1 Å². The second-order valence-corrected chi connectivity index (χ2v) is 3.13. The van der Waals surface area contributed by atoms with Crippen LogP contribution in [-0.4, -0.2) is 12.0 Å². The zero-order valence-electron chi connectivity index (χ0n) is 8.53. The topological polar surface area (TPSA) is 67.5 Å². The second-order valence-electron chi connectivity index (χ2n) is 3.13. The Kier molecular flexibility index (Phi) is 3.62. The van der Waals surface area contributed by atoms with Crippen LogP contribution in [-0.2, 0) is 0 Å². The molecule has 0 saturated carbocycles. The van der Waals surface area contributed by atoms with Crippen LogP contribution in [0.25, 0.3) is 0 Å². The van der Waals surface area contributed by atoms with Gasteiger partial charge in [-0.25, -0.2) is 0 Å². The van der Waals surface area contributed by atoms with Crippen LogP contribution in [0.3, 0.4) is 0 Å². The number of hydrogen-bond acceptors (Lipinski definition) is 4. The standard InChI is InChI=1S/C11H13N3O/c1-8-3-5-10(6-4-8)11(15)7-13-14-9(2)12/h3-7,14H,2,12H2,1H3/b13-7+. The SMILES string of the molecule is C=C(N)N/N=C/C(=O)c1ccc(C)cc1. The predicted octanol–water partition coefficient (Wildman–Crippen LogP) is 1.18. The van der Waals surface area contributed by atoms with Gasteiger partial charge in [0.1, 0.15) is 5.82 Å². The quantitative estimate of drug-likeness (QED) is 0.438. The van der Waals surface area contributed by atoms with Gasteiger partial charge in [-0.15, -0.1) is 0 Å². The van der Waals surface area contributed by atoms with Crippen LogP contribution in [0.1, 0.15) is 15.9 Å². The fourth-order valence-electron chi connectivity index (χ4n) is 0.966. The van der Waals surface area contributed by atoms with Crippen LogP contribution < -0.4 is 11.2 Å². The van der Waals surface area contributed by atoms with E-state index in [-0.39, 0.29) is 11.6 Å². The van der Waals surface area contributed by atoms with Gasteiger partial charge >= 0.3 is 0 Å². The summed E-state index contributed by atoms with van der Waals surface area (Å²) < 4.78 is 0. The summed E-state index contributed by atoms with van der Waals surface area (Å²) in [6, 6.07) is 7.24. The number of hydrogen-bond donors (Lipinski definition) is 2. The van der Waals surface area contributed by atoms with Gasteiger partial charge in [-0.05, 0) is 6.92 Å². The van der Waals surface area contributed by atoms with Gasteiger partial charge < -0.3 is 5.73 Å². The first-order valence-electron chi connectivity index (χ1n) is 4.44. The maximum absolute atomic E-state index is 11.5. The molecule has 0 atom stereocenters. The lowest BCUT2D eigenvalue weighted by Crippen LogP contribution is -2.13. The number of hydrazone groups is 1. The molecule has 0 unspecified atom stereocenters. The van der Waals surface area contributed by atoms with E-state index >= 15 is 0 Å². The van der Waals surface area contributed by atoms with Crippen LogP contribution >= 0.6 is 0 Å². The molecule has 3 N–H and O–H groups in total. The Labute approximate surface area is 88.5 Å². The first-order valence-corrected chi connectivity index (χ1v) is 4.44. The Morgan fingerprint density at radius 3 is 2.60 bits per heavy atom. The number of nitrogens with zero attached hydrogens (tertiary/aromatic N) is 1. The number of benzene rings is 1. The lowest BCUT2D eigenvalue weighted by Gasteiger charge is -1.97. The number of rotatable bonds is 4. The van der Waals surface area contributed by atoms with E-state index in [4.69, 9.17) is 5.73 Å². The smallest absolute Gasteiger partial charge is 0.205 e. The van der Waals surface area contributed by atoms with Gasteiger partial charge in [-0.2, -0.15) is 5.10 Å². The Morgan fingerprint density at radius 1 is 1.47 bits per heavy atom. The summed E-state index contributed by atoms with van der Waals surface area (Å²) in [7, 11) is 0. The molecule has 0 saturated heterocycles. The van der Waals surface area contributed by atoms with Gasteiger partial charge in [-0.3, -0.25) is 10.2 Å². The molecule has 0 bridgehead atoms. The fraction of sp³-hybridized carbons (Fsp3) is 0.0909. The highest BCUT2D eigenvalue weighted by atomic mass is 16.1. The number of aryl methyl sites for hydroxylation is 1. The molecule has 4 nitrogen and oxygen atoms in total. The molecule has 0 radical (unpaired) electrons. The van der Waals surface area contributed by atoms with Crippen molar-refractivity contribution in [1.82, 2.24) is 5.43 Å². The van der Waals surface area contributed by atoms with Gasteiger partial charge in [0.05, 0.1) is 6.21 Å². The summed E-state index contributed by atoms with van der Waals surface area (Å²) >= 11 is 0.